The molecule has 0 atom stereocenters. The molecule has 0 aliphatic carbocycles. The predicted octanol–water partition coefficient (Wildman–Crippen LogP) is 4.54. The van der Waals surface area contributed by atoms with Crippen molar-refractivity contribution in [3.63, 3.8) is 0 Å². The molecule has 1 heterocycles. The molecule has 1 aromatic heterocycles. The van der Waals surface area contributed by atoms with Crippen LogP contribution in [0.25, 0.3) is 0 Å². The molecule has 0 saturated heterocycles. The van der Waals surface area contributed by atoms with Gasteiger partial charge in [-0.2, -0.15) is 15.4 Å². The molecule has 0 aromatic carbocycles. The molecule has 110 valence electrons. The largest absolute Gasteiger partial charge is 0.197 e. The summed E-state index contributed by atoms with van der Waals surface area (Å²) in [5.41, 5.74) is 2.40. The van der Waals surface area contributed by atoms with Gasteiger partial charge < -0.3 is 0 Å². The van der Waals surface area contributed by atoms with Crippen LogP contribution in [-0.4, -0.2) is 15.4 Å². The van der Waals surface area contributed by atoms with Crippen molar-refractivity contribution in [2.75, 3.05) is 0 Å². The van der Waals surface area contributed by atoms with Gasteiger partial charge in [0, 0.05) is 0 Å². The maximum atomic E-state index is 4.31. The number of aryl methyl sites for hydroxylation is 2. The zero-order valence-electron chi connectivity index (χ0n) is 13.2. The lowest BCUT2D eigenvalue weighted by Crippen LogP contribution is -1.96. The van der Waals surface area contributed by atoms with Gasteiger partial charge in [-0.3, -0.25) is 0 Å². The molecule has 1 rings (SSSR count). The summed E-state index contributed by atoms with van der Waals surface area (Å²) in [5.74, 6) is 1.63. The highest BCUT2D eigenvalue weighted by Gasteiger charge is 2.07. The lowest BCUT2D eigenvalue weighted by molar-refractivity contribution is 0.531. The lowest BCUT2D eigenvalue weighted by Gasteiger charge is -2.05. The van der Waals surface area contributed by atoms with E-state index in [4.69, 9.17) is 0 Å². The Morgan fingerprint density at radius 2 is 1.16 bits per heavy atom. The van der Waals surface area contributed by atoms with Gasteiger partial charge in [-0.15, -0.1) is 0 Å². The van der Waals surface area contributed by atoms with Crippen molar-refractivity contribution in [3.8, 4) is 0 Å². The molecule has 0 fully saturated rings. The van der Waals surface area contributed by atoms with Gasteiger partial charge in [0.2, 0.25) is 0 Å². The number of H-pyrrole nitrogens is 1. The molecular weight excluding hydrogens is 234 g/mol. The Morgan fingerprint density at radius 1 is 0.737 bits per heavy atom. The average Bonchev–Trinajstić information content (AvgIpc) is 2.77. The summed E-state index contributed by atoms with van der Waals surface area (Å²) in [5, 5.41) is 11.4. The minimum Gasteiger partial charge on any atom is -0.197 e. The van der Waals surface area contributed by atoms with Crippen LogP contribution in [0.15, 0.2) is 0 Å². The predicted molar refractivity (Wildman–Crippen MR) is 81.2 cm³/mol. The molecule has 0 bridgehead atoms. The van der Waals surface area contributed by atoms with Crippen LogP contribution in [-0.2, 0) is 12.8 Å². The topological polar surface area (TPSA) is 41.6 Å². The van der Waals surface area contributed by atoms with Crippen LogP contribution in [0.5, 0.6) is 0 Å². The van der Waals surface area contributed by atoms with Gasteiger partial charge in [-0.05, 0) is 37.5 Å². The third-order valence-electron chi connectivity index (χ3n) is 3.59. The number of hydrogen-bond donors (Lipinski definition) is 1. The number of nitrogens with zero attached hydrogens (tertiary/aromatic N) is 2. The highest BCUT2D eigenvalue weighted by atomic mass is 15.3. The number of aromatic nitrogens is 3. The molecule has 0 aliphatic heterocycles. The normalized spacial score (nSPS) is 11.7. The van der Waals surface area contributed by atoms with Crippen molar-refractivity contribution in [1.82, 2.24) is 15.4 Å². The minimum atomic E-state index is 0.813. The average molecular weight is 265 g/mol. The number of nitrogens with one attached hydrogen (secondary N) is 1. The summed E-state index contributed by atoms with van der Waals surface area (Å²) in [6.45, 7) is 9.15. The molecule has 0 spiro atoms. The van der Waals surface area contributed by atoms with Gasteiger partial charge in [0.15, 0.2) is 0 Å². The van der Waals surface area contributed by atoms with E-state index in [1.165, 1.54) is 49.9 Å². The van der Waals surface area contributed by atoms with E-state index in [1.807, 2.05) is 0 Å². The van der Waals surface area contributed by atoms with Crippen molar-refractivity contribution < 1.29 is 0 Å². The van der Waals surface area contributed by atoms with Gasteiger partial charge in [0.05, 0.1) is 11.4 Å². The molecule has 3 nitrogen and oxygen atoms in total. The Bertz CT molecular complexity index is 298. The van der Waals surface area contributed by atoms with Gasteiger partial charge in [0.1, 0.15) is 0 Å². The second-order valence-electron chi connectivity index (χ2n) is 6.50. The first kappa shape index (κ1) is 16.2. The van der Waals surface area contributed by atoms with E-state index in [0.29, 0.717) is 0 Å². The van der Waals surface area contributed by atoms with Crippen molar-refractivity contribution in [2.24, 2.45) is 11.8 Å². The van der Waals surface area contributed by atoms with Gasteiger partial charge >= 0.3 is 0 Å². The fourth-order valence-corrected chi connectivity index (χ4v) is 2.37. The highest BCUT2D eigenvalue weighted by molar-refractivity contribution is 5.08. The van der Waals surface area contributed by atoms with Crippen LogP contribution in [0.1, 0.15) is 77.6 Å². The Morgan fingerprint density at radius 3 is 1.53 bits per heavy atom. The second kappa shape index (κ2) is 9.11. The van der Waals surface area contributed by atoms with Crippen LogP contribution in [0, 0.1) is 11.8 Å². The summed E-state index contributed by atoms with van der Waals surface area (Å²) in [4.78, 5) is 0. The molecule has 0 radical (unpaired) electrons. The lowest BCUT2D eigenvalue weighted by atomic mass is 10.0. The SMILES string of the molecule is CC(C)CCCCc1n[nH]nc1CCCCC(C)C. The highest BCUT2D eigenvalue weighted by Crippen LogP contribution is 2.14. The monoisotopic (exact) mass is 265 g/mol. The number of aromatic amines is 1. The molecule has 3 heteroatoms. The fraction of sp³-hybridized carbons (Fsp3) is 0.875. The zero-order chi connectivity index (χ0) is 14.1. The molecule has 0 aliphatic rings. The number of rotatable bonds is 10. The van der Waals surface area contributed by atoms with E-state index < -0.39 is 0 Å². The fourth-order valence-electron chi connectivity index (χ4n) is 2.37. The third kappa shape index (κ3) is 7.34. The first-order valence-electron chi connectivity index (χ1n) is 7.98. The van der Waals surface area contributed by atoms with E-state index in [9.17, 15) is 0 Å². The van der Waals surface area contributed by atoms with Crippen molar-refractivity contribution >= 4 is 0 Å². The van der Waals surface area contributed by atoms with Gasteiger partial charge in [0.25, 0.3) is 0 Å². The number of hydrogen-bond acceptors (Lipinski definition) is 2. The van der Waals surface area contributed by atoms with E-state index in [-0.39, 0.29) is 0 Å². The smallest absolute Gasteiger partial charge is 0.0856 e. The molecule has 19 heavy (non-hydrogen) atoms. The first-order valence-corrected chi connectivity index (χ1v) is 7.98. The second-order valence-corrected chi connectivity index (χ2v) is 6.50. The third-order valence-corrected chi connectivity index (χ3v) is 3.59. The molecule has 0 saturated carbocycles. The van der Waals surface area contributed by atoms with Crippen LogP contribution in [0.4, 0.5) is 0 Å². The summed E-state index contributed by atoms with van der Waals surface area (Å²) in [6, 6.07) is 0. The molecule has 0 amide bonds. The minimum absolute atomic E-state index is 0.813. The standard InChI is InChI=1S/C16H31N3/c1-13(2)9-5-7-11-15-16(18-19-17-15)12-8-6-10-14(3)4/h13-14H,5-12H2,1-4H3,(H,17,18,19). The van der Waals surface area contributed by atoms with Gasteiger partial charge in [-0.25, -0.2) is 0 Å². The maximum Gasteiger partial charge on any atom is 0.0856 e. The Balaban J connectivity index is 2.22. The van der Waals surface area contributed by atoms with Crippen LogP contribution in [0.3, 0.4) is 0 Å². The molecule has 1 aromatic rings. The first-order chi connectivity index (χ1) is 9.09. The van der Waals surface area contributed by atoms with Crippen molar-refractivity contribution in [2.45, 2.75) is 79.1 Å². The van der Waals surface area contributed by atoms with Crippen molar-refractivity contribution in [1.29, 1.82) is 0 Å². The van der Waals surface area contributed by atoms with Crippen LogP contribution in [0.2, 0.25) is 0 Å². The van der Waals surface area contributed by atoms with E-state index in [1.54, 1.807) is 0 Å². The molecular formula is C16H31N3. The van der Waals surface area contributed by atoms with E-state index in [0.717, 1.165) is 24.7 Å². The number of unbranched alkanes of at least 4 members (excludes halogenated alkanes) is 2. The Labute approximate surface area is 118 Å². The van der Waals surface area contributed by atoms with Gasteiger partial charge in [-0.1, -0.05) is 53.4 Å². The summed E-state index contributed by atoms with van der Waals surface area (Å²) < 4.78 is 0. The maximum absolute atomic E-state index is 4.31. The zero-order valence-corrected chi connectivity index (χ0v) is 13.2. The Hall–Kier alpha value is -0.860. The Kier molecular flexibility index (Phi) is 7.76. The van der Waals surface area contributed by atoms with Crippen LogP contribution >= 0.6 is 0 Å². The molecule has 0 unspecified atom stereocenters. The van der Waals surface area contributed by atoms with E-state index in [2.05, 4.69) is 43.1 Å². The molecule has 1 N–H and O–H groups in total. The van der Waals surface area contributed by atoms with Crippen molar-refractivity contribution in [3.05, 3.63) is 11.4 Å². The summed E-state index contributed by atoms with van der Waals surface area (Å²) in [7, 11) is 0. The quantitative estimate of drug-likeness (QED) is 0.631. The van der Waals surface area contributed by atoms with E-state index >= 15 is 0 Å². The summed E-state index contributed by atoms with van der Waals surface area (Å²) in [6.07, 6.45) is 9.90. The van der Waals surface area contributed by atoms with Crippen LogP contribution < -0.4 is 0 Å². The summed E-state index contributed by atoms with van der Waals surface area (Å²) >= 11 is 0.